The lowest BCUT2D eigenvalue weighted by molar-refractivity contribution is 0.115. The molecule has 0 radical (unpaired) electrons. The third kappa shape index (κ3) is 3.58. The third-order valence-corrected chi connectivity index (χ3v) is 7.04. The molecule has 0 aliphatic carbocycles. The fourth-order valence-corrected chi connectivity index (χ4v) is 5.34. The second kappa shape index (κ2) is 7.37. The fraction of sp³-hybridized carbons (Fsp3) is 0.706. The van der Waals surface area contributed by atoms with Gasteiger partial charge < -0.3 is 10.0 Å². The third-order valence-electron chi connectivity index (χ3n) is 5.12. The molecule has 0 spiro atoms. The predicted molar refractivity (Wildman–Crippen MR) is 93.5 cm³/mol. The molecule has 3 heterocycles. The smallest absolute Gasteiger partial charge is 0.246 e. The molecule has 1 N–H and O–H groups in total. The maximum Gasteiger partial charge on any atom is 0.246 e. The lowest BCUT2D eigenvalue weighted by Gasteiger charge is -2.36. The Hall–Kier alpha value is -1.18. The quantitative estimate of drug-likeness (QED) is 0.894. The van der Waals surface area contributed by atoms with Gasteiger partial charge in [0.15, 0.2) is 0 Å². The van der Waals surface area contributed by atoms with E-state index >= 15 is 0 Å². The van der Waals surface area contributed by atoms with Gasteiger partial charge in [-0.25, -0.2) is 13.4 Å². The standard InChI is InChI=1S/C17H27N3O3S/c1-14(21)15-7-6-10-19(13-15)17-16(8-5-9-18-17)24(22,23)20-11-3-2-4-12-20/h5,8-9,14-15,21H,2-4,6-7,10-13H2,1H3. The lowest BCUT2D eigenvalue weighted by Crippen LogP contribution is -2.42. The highest BCUT2D eigenvalue weighted by Gasteiger charge is 2.32. The Bertz CT molecular complexity index is 657. The number of nitrogens with zero attached hydrogens (tertiary/aromatic N) is 3. The number of rotatable bonds is 4. The van der Waals surface area contributed by atoms with Crippen molar-refractivity contribution in [1.29, 1.82) is 0 Å². The molecule has 6 nitrogen and oxygen atoms in total. The normalized spacial score (nSPS) is 24.8. The summed E-state index contributed by atoms with van der Waals surface area (Å²) in [5.74, 6) is 0.694. The maximum absolute atomic E-state index is 13.1. The van der Waals surface area contributed by atoms with Gasteiger partial charge in [0.25, 0.3) is 0 Å². The van der Waals surface area contributed by atoms with Gasteiger partial charge in [-0.3, -0.25) is 0 Å². The van der Waals surface area contributed by atoms with Crippen molar-refractivity contribution in [2.45, 2.75) is 50.0 Å². The van der Waals surface area contributed by atoms with Crippen LogP contribution in [0.5, 0.6) is 0 Å². The molecule has 0 saturated carbocycles. The van der Waals surface area contributed by atoms with Crippen LogP contribution in [0, 0.1) is 5.92 Å². The maximum atomic E-state index is 13.1. The van der Waals surface area contributed by atoms with Crippen LogP contribution in [0.4, 0.5) is 5.82 Å². The molecule has 24 heavy (non-hydrogen) atoms. The minimum atomic E-state index is -3.51. The van der Waals surface area contributed by atoms with Gasteiger partial charge in [0.1, 0.15) is 10.7 Å². The van der Waals surface area contributed by atoms with E-state index in [-0.39, 0.29) is 5.92 Å². The van der Waals surface area contributed by atoms with E-state index in [0.717, 1.165) is 38.6 Å². The molecule has 3 rings (SSSR count). The Morgan fingerprint density at radius 3 is 2.67 bits per heavy atom. The van der Waals surface area contributed by atoms with Gasteiger partial charge in [-0.15, -0.1) is 0 Å². The van der Waals surface area contributed by atoms with Gasteiger partial charge in [-0.2, -0.15) is 4.31 Å². The number of aromatic nitrogens is 1. The molecule has 1 aromatic rings. The van der Waals surface area contributed by atoms with Gasteiger partial charge in [-0.1, -0.05) is 6.42 Å². The van der Waals surface area contributed by atoms with Crippen LogP contribution in [-0.4, -0.2) is 55.1 Å². The van der Waals surface area contributed by atoms with Crippen LogP contribution in [0.3, 0.4) is 0 Å². The van der Waals surface area contributed by atoms with Crippen molar-refractivity contribution in [3.8, 4) is 0 Å². The first-order valence-electron chi connectivity index (χ1n) is 8.88. The Morgan fingerprint density at radius 1 is 1.21 bits per heavy atom. The first-order valence-corrected chi connectivity index (χ1v) is 10.3. The molecular formula is C17H27N3O3S. The second-order valence-electron chi connectivity index (χ2n) is 6.88. The Morgan fingerprint density at radius 2 is 1.96 bits per heavy atom. The molecule has 7 heteroatoms. The molecule has 2 unspecified atom stereocenters. The highest BCUT2D eigenvalue weighted by molar-refractivity contribution is 7.89. The molecule has 0 bridgehead atoms. The summed E-state index contributed by atoms with van der Waals surface area (Å²) in [6.07, 6.45) is 6.10. The molecule has 2 saturated heterocycles. The van der Waals surface area contributed by atoms with Crippen LogP contribution in [0.15, 0.2) is 23.2 Å². The summed E-state index contributed by atoms with van der Waals surface area (Å²) in [6, 6.07) is 3.36. The minimum Gasteiger partial charge on any atom is -0.393 e. The number of sulfonamides is 1. The number of anilines is 1. The van der Waals surface area contributed by atoms with E-state index in [1.54, 1.807) is 29.6 Å². The Kier molecular flexibility index (Phi) is 5.42. The molecular weight excluding hydrogens is 326 g/mol. The summed E-state index contributed by atoms with van der Waals surface area (Å²) in [4.78, 5) is 6.73. The second-order valence-corrected chi connectivity index (χ2v) is 8.79. The first-order chi connectivity index (χ1) is 11.5. The van der Waals surface area contributed by atoms with Crippen molar-refractivity contribution >= 4 is 15.8 Å². The first kappa shape index (κ1) is 17.6. The largest absolute Gasteiger partial charge is 0.393 e. The van der Waals surface area contributed by atoms with E-state index < -0.39 is 16.1 Å². The van der Waals surface area contributed by atoms with E-state index in [0.29, 0.717) is 30.3 Å². The summed E-state index contributed by atoms with van der Waals surface area (Å²) in [5.41, 5.74) is 0. The zero-order valence-corrected chi connectivity index (χ0v) is 15.1. The molecule has 2 aliphatic heterocycles. The molecule has 0 amide bonds. The lowest BCUT2D eigenvalue weighted by atomic mass is 9.93. The average Bonchev–Trinajstić information content (AvgIpc) is 2.62. The van der Waals surface area contributed by atoms with Gasteiger partial charge >= 0.3 is 0 Å². The zero-order chi connectivity index (χ0) is 17.2. The van der Waals surface area contributed by atoms with E-state index in [2.05, 4.69) is 4.98 Å². The van der Waals surface area contributed by atoms with E-state index in [1.165, 1.54) is 0 Å². The van der Waals surface area contributed by atoms with Crippen molar-refractivity contribution in [3.63, 3.8) is 0 Å². The van der Waals surface area contributed by atoms with Crippen molar-refractivity contribution < 1.29 is 13.5 Å². The van der Waals surface area contributed by atoms with Crippen molar-refractivity contribution in [2.75, 3.05) is 31.1 Å². The highest BCUT2D eigenvalue weighted by atomic mass is 32.2. The van der Waals surface area contributed by atoms with Crippen LogP contribution < -0.4 is 4.90 Å². The van der Waals surface area contributed by atoms with Gasteiger partial charge in [-0.05, 0) is 44.7 Å². The molecule has 2 fully saturated rings. The molecule has 1 aromatic heterocycles. The minimum absolute atomic E-state index is 0.159. The van der Waals surface area contributed by atoms with Crippen LogP contribution in [0.1, 0.15) is 39.0 Å². The number of hydrogen-bond donors (Lipinski definition) is 1. The highest BCUT2D eigenvalue weighted by Crippen LogP contribution is 2.31. The number of aliphatic hydroxyl groups excluding tert-OH is 1. The molecule has 134 valence electrons. The SMILES string of the molecule is CC(O)C1CCCN(c2ncccc2S(=O)(=O)N2CCCCC2)C1. The van der Waals surface area contributed by atoms with Gasteiger partial charge in [0, 0.05) is 38.3 Å². The predicted octanol–water partition coefficient (Wildman–Crippen LogP) is 1.85. The van der Waals surface area contributed by atoms with Gasteiger partial charge in [0.2, 0.25) is 10.0 Å². The summed E-state index contributed by atoms with van der Waals surface area (Å²) in [5, 5.41) is 9.90. The zero-order valence-electron chi connectivity index (χ0n) is 14.3. The van der Waals surface area contributed by atoms with Gasteiger partial charge in [0.05, 0.1) is 6.10 Å². The van der Waals surface area contributed by atoms with E-state index in [1.807, 2.05) is 4.90 Å². The fourth-order valence-electron chi connectivity index (χ4n) is 3.66. The van der Waals surface area contributed by atoms with Crippen molar-refractivity contribution in [1.82, 2.24) is 9.29 Å². The molecule has 0 aromatic carbocycles. The van der Waals surface area contributed by atoms with Crippen molar-refractivity contribution in [2.24, 2.45) is 5.92 Å². The summed E-state index contributed by atoms with van der Waals surface area (Å²) >= 11 is 0. The summed E-state index contributed by atoms with van der Waals surface area (Å²) in [6.45, 7) is 4.41. The number of pyridine rings is 1. The monoisotopic (exact) mass is 353 g/mol. The topological polar surface area (TPSA) is 73.7 Å². The molecule has 2 atom stereocenters. The molecule has 2 aliphatic rings. The van der Waals surface area contributed by atoms with Crippen LogP contribution in [-0.2, 0) is 10.0 Å². The van der Waals surface area contributed by atoms with Crippen LogP contribution in [0.2, 0.25) is 0 Å². The number of piperidine rings is 2. The van der Waals surface area contributed by atoms with Crippen LogP contribution in [0.25, 0.3) is 0 Å². The Balaban J connectivity index is 1.90. The summed E-state index contributed by atoms with van der Waals surface area (Å²) in [7, 11) is -3.51. The number of hydrogen-bond acceptors (Lipinski definition) is 5. The average molecular weight is 353 g/mol. The Labute approximate surface area is 144 Å². The summed E-state index contributed by atoms with van der Waals surface area (Å²) < 4.78 is 27.7. The van der Waals surface area contributed by atoms with E-state index in [4.69, 9.17) is 0 Å². The number of aliphatic hydroxyl groups is 1. The van der Waals surface area contributed by atoms with Crippen LogP contribution >= 0.6 is 0 Å². The van der Waals surface area contributed by atoms with Crippen molar-refractivity contribution in [3.05, 3.63) is 18.3 Å². The van der Waals surface area contributed by atoms with E-state index in [9.17, 15) is 13.5 Å².